The largest absolute Gasteiger partial charge is 0.496 e. The SMILES string of the molecule is COc1ccccc1CCNC(C)c1cncc(F)c1. The number of para-hydroxylation sites is 1. The molecular weight excluding hydrogens is 255 g/mol. The molecule has 0 fully saturated rings. The molecule has 1 N–H and O–H groups in total. The summed E-state index contributed by atoms with van der Waals surface area (Å²) in [6.07, 6.45) is 3.76. The molecule has 0 amide bonds. The Kier molecular flexibility index (Phi) is 5.07. The molecule has 1 unspecified atom stereocenters. The zero-order chi connectivity index (χ0) is 14.4. The van der Waals surface area contributed by atoms with E-state index in [9.17, 15) is 4.39 Å². The lowest BCUT2D eigenvalue weighted by Gasteiger charge is -2.14. The van der Waals surface area contributed by atoms with Crippen molar-refractivity contribution in [3.8, 4) is 5.75 Å². The average molecular weight is 274 g/mol. The Hall–Kier alpha value is -1.94. The van der Waals surface area contributed by atoms with E-state index in [0.717, 1.165) is 29.8 Å². The Labute approximate surface area is 118 Å². The smallest absolute Gasteiger partial charge is 0.141 e. The van der Waals surface area contributed by atoms with Crippen LogP contribution in [0, 0.1) is 5.82 Å². The fourth-order valence-electron chi connectivity index (χ4n) is 2.12. The van der Waals surface area contributed by atoms with Crippen molar-refractivity contribution >= 4 is 0 Å². The maximum absolute atomic E-state index is 13.1. The number of halogens is 1. The molecule has 4 heteroatoms. The van der Waals surface area contributed by atoms with Crippen LogP contribution in [0.15, 0.2) is 42.7 Å². The predicted molar refractivity (Wildman–Crippen MR) is 77.3 cm³/mol. The van der Waals surface area contributed by atoms with Gasteiger partial charge in [0.05, 0.1) is 13.3 Å². The Balaban J connectivity index is 1.89. The number of pyridine rings is 1. The number of methoxy groups -OCH3 is 1. The van der Waals surface area contributed by atoms with Crippen LogP contribution in [0.2, 0.25) is 0 Å². The second kappa shape index (κ2) is 7.01. The standard InChI is InChI=1S/C16H19FN2O/c1-12(14-9-15(17)11-18-10-14)19-8-7-13-5-3-4-6-16(13)20-2/h3-6,9-12,19H,7-8H2,1-2H3. The number of hydrogen-bond acceptors (Lipinski definition) is 3. The van der Waals surface area contributed by atoms with Crippen LogP contribution in [0.25, 0.3) is 0 Å². The summed E-state index contributed by atoms with van der Waals surface area (Å²) in [6.45, 7) is 2.79. The van der Waals surface area contributed by atoms with E-state index in [1.165, 1.54) is 12.3 Å². The quantitative estimate of drug-likeness (QED) is 0.878. The van der Waals surface area contributed by atoms with Gasteiger partial charge in [-0.05, 0) is 43.1 Å². The third-order valence-electron chi connectivity index (χ3n) is 3.26. The molecule has 106 valence electrons. The van der Waals surface area contributed by atoms with Crippen molar-refractivity contribution in [3.05, 3.63) is 59.7 Å². The number of rotatable bonds is 6. The average Bonchev–Trinajstić information content (AvgIpc) is 2.47. The summed E-state index contributed by atoms with van der Waals surface area (Å²) in [5.74, 6) is 0.593. The maximum Gasteiger partial charge on any atom is 0.141 e. The second-order valence-corrected chi connectivity index (χ2v) is 4.67. The van der Waals surface area contributed by atoms with E-state index in [0.29, 0.717) is 0 Å². The molecule has 0 saturated heterocycles. The Morgan fingerprint density at radius 1 is 1.30 bits per heavy atom. The molecule has 1 atom stereocenters. The zero-order valence-electron chi connectivity index (χ0n) is 11.8. The van der Waals surface area contributed by atoms with Gasteiger partial charge in [0.2, 0.25) is 0 Å². The van der Waals surface area contributed by atoms with Crippen LogP contribution >= 0.6 is 0 Å². The van der Waals surface area contributed by atoms with Gasteiger partial charge in [-0.25, -0.2) is 4.39 Å². The first-order chi connectivity index (χ1) is 9.70. The summed E-state index contributed by atoms with van der Waals surface area (Å²) in [6, 6.07) is 9.53. The topological polar surface area (TPSA) is 34.1 Å². The van der Waals surface area contributed by atoms with Crippen molar-refractivity contribution in [1.29, 1.82) is 0 Å². The van der Waals surface area contributed by atoms with Gasteiger partial charge in [0, 0.05) is 12.2 Å². The summed E-state index contributed by atoms with van der Waals surface area (Å²) in [5, 5.41) is 3.36. The van der Waals surface area contributed by atoms with Gasteiger partial charge in [-0.15, -0.1) is 0 Å². The molecule has 0 aliphatic rings. The van der Waals surface area contributed by atoms with Crippen molar-refractivity contribution in [2.75, 3.05) is 13.7 Å². The number of aromatic nitrogens is 1. The molecule has 0 radical (unpaired) electrons. The minimum atomic E-state index is -0.305. The van der Waals surface area contributed by atoms with Crippen LogP contribution < -0.4 is 10.1 Å². The highest BCUT2D eigenvalue weighted by molar-refractivity contribution is 5.33. The van der Waals surface area contributed by atoms with Gasteiger partial charge in [0.1, 0.15) is 11.6 Å². The Bertz CT molecular complexity index is 560. The third-order valence-corrected chi connectivity index (χ3v) is 3.26. The van der Waals surface area contributed by atoms with E-state index < -0.39 is 0 Å². The highest BCUT2D eigenvalue weighted by atomic mass is 19.1. The van der Waals surface area contributed by atoms with Crippen LogP contribution in [0.3, 0.4) is 0 Å². The summed E-state index contributed by atoms with van der Waals surface area (Å²) in [7, 11) is 1.67. The van der Waals surface area contributed by atoms with E-state index in [1.807, 2.05) is 25.1 Å². The number of hydrogen-bond donors (Lipinski definition) is 1. The van der Waals surface area contributed by atoms with Gasteiger partial charge in [-0.2, -0.15) is 0 Å². The molecule has 1 aromatic carbocycles. The lowest BCUT2D eigenvalue weighted by Crippen LogP contribution is -2.21. The first-order valence-electron chi connectivity index (χ1n) is 6.66. The van der Waals surface area contributed by atoms with Crippen molar-refractivity contribution in [2.45, 2.75) is 19.4 Å². The normalized spacial score (nSPS) is 12.2. The van der Waals surface area contributed by atoms with E-state index in [-0.39, 0.29) is 11.9 Å². The molecule has 0 aliphatic carbocycles. The fraction of sp³-hybridized carbons (Fsp3) is 0.312. The van der Waals surface area contributed by atoms with E-state index >= 15 is 0 Å². The lowest BCUT2D eigenvalue weighted by atomic mass is 10.1. The summed E-state index contributed by atoms with van der Waals surface area (Å²) >= 11 is 0. The van der Waals surface area contributed by atoms with Gasteiger partial charge < -0.3 is 10.1 Å². The molecule has 2 rings (SSSR count). The summed E-state index contributed by atoms with van der Waals surface area (Å²) in [5.41, 5.74) is 2.01. The fourth-order valence-corrected chi connectivity index (χ4v) is 2.12. The van der Waals surface area contributed by atoms with Crippen molar-refractivity contribution < 1.29 is 9.13 Å². The molecular formula is C16H19FN2O. The van der Waals surface area contributed by atoms with Crippen LogP contribution in [0.4, 0.5) is 4.39 Å². The molecule has 3 nitrogen and oxygen atoms in total. The van der Waals surface area contributed by atoms with Crippen LogP contribution in [-0.2, 0) is 6.42 Å². The summed E-state index contributed by atoms with van der Waals surface area (Å²) in [4.78, 5) is 3.86. The van der Waals surface area contributed by atoms with E-state index in [4.69, 9.17) is 4.74 Å². The molecule has 2 aromatic rings. The molecule has 0 spiro atoms. The van der Waals surface area contributed by atoms with Crippen molar-refractivity contribution in [3.63, 3.8) is 0 Å². The third kappa shape index (κ3) is 3.78. The molecule has 1 heterocycles. The van der Waals surface area contributed by atoms with Crippen molar-refractivity contribution in [2.24, 2.45) is 0 Å². The van der Waals surface area contributed by atoms with E-state index in [1.54, 1.807) is 13.3 Å². The van der Waals surface area contributed by atoms with Gasteiger partial charge in [-0.3, -0.25) is 4.98 Å². The number of ether oxygens (including phenoxy) is 1. The Morgan fingerprint density at radius 3 is 2.85 bits per heavy atom. The van der Waals surface area contributed by atoms with Crippen LogP contribution in [-0.4, -0.2) is 18.6 Å². The monoisotopic (exact) mass is 274 g/mol. The van der Waals surface area contributed by atoms with Gasteiger partial charge in [0.25, 0.3) is 0 Å². The van der Waals surface area contributed by atoms with Crippen molar-refractivity contribution in [1.82, 2.24) is 10.3 Å². The van der Waals surface area contributed by atoms with Crippen LogP contribution in [0.1, 0.15) is 24.1 Å². The summed E-state index contributed by atoms with van der Waals surface area (Å²) < 4.78 is 18.4. The lowest BCUT2D eigenvalue weighted by molar-refractivity contribution is 0.408. The molecule has 0 aliphatic heterocycles. The first kappa shape index (κ1) is 14.5. The first-order valence-corrected chi connectivity index (χ1v) is 6.66. The maximum atomic E-state index is 13.1. The highest BCUT2D eigenvalue weighted by Crippen LogP contribution is 2.18. The number of benzene rings is 1. The molecule has 0 saturated carbocycles. The number of nitrogens with one attached hydrogen (secondary N) is 1. The van der Waals surface area contributed by atoms with E-state index in [2.05, 4.69) is 16.4 Å². The molecule has 0 bridgehead atoms. The highest BCUT2D eigenvalue weighted by Gasteiger charge is 2.07. The predicted octanol–water partition coefficient (Wildman–Crippen LogP) is 3.12. The minimum Gasteiger partial charge on any atom is -0.496 e. The zero-order valence-corrected chi connectivity index (χ0v) is 11.8. The molecule has 1 aromatic heterocycles. The van der Waals surface area contributed by atoms with Gasteiger partial charge in [0.15, 0.2) is 0 Å². The minimum absolute atomic E-state index is 0.0629. The Morgan fingerprint density at radius 2 is 2.10 bits per heavy atom. The molecule has 20 heavy (non-hydrogen) atoms. The van der Waals surface area contributed by atoms with Gasteiger partial charge >= 0.3 is 0 Å². The van der Waals surface area contributed by atoms with Gasteiger partial charge in [-0.1, -0.05) is 18.2 Å². The number of nitrogens with zero attached hydrogens (tertiary/aromatic N) is 1. The van der Waals surface area contributed by atoms with Crippen LogP contribution in [0.5, 0.6) is 5.75 Å². The second-order valence-electron chi connectivity index (χ2n) is 4.67.